The fraction of sp³-hybridized carbons (Fsp3) is 0.583. The van der Waals surface area contributed by atoms with Crippen molar-refractivity contribution in [1.82, 2.24) is 9.88 Å². The highest BCUT2D eigenvalue weighted by atomic mass is 16.1. The third kappa shape index (κ3) is 3.20. The molecule has 0 aromatic carbocycles. The summed E-state index contributed by atoms with van der Waals surface area (Å²) >= 11 is 0. The molecule has 2 heterocycles. The molecule has 1 fully saturated rings. The monoisotopic (exact) mass is 206 g/mol. The zero-order chi connectivity index (χ0) is 10.5. The Kier molecular flexibility index (Phi) is 3.56. The zero-order valence-electron chi connectivity index (χ0n) is 8.98. The summed E-state index contributed by atoms with van der Waals surface area (Å²) in [6.07, 6.45) is 7.59. The minimum Gasteiger partial charge on any atom is -0.354 e. The van der Waals surface area contributed by atoms with Crippen LogP contribution in [0.1, 0.15) is 19.3 Å². The minimum absolute atomic E-state index is 0.0885. The lowest BCUT2D eigenvalue weighted by atomic mass is 9.96. The Bertz CT molecular complexity index is 332. The molecule has 82 valence electrons. The van der Waals surface area contributed by atoms with Gasteiger partial charge in [0.05, 0.1) is 0 Å². The van der Waals surface area contributed by atoms with Gasteiger partial charge in [-0.15, -0.1) is 0 Å². The molecule has 0 aliphatic carbocycles. The first kappa shape index (κ1) is 10.4. The SMILES string of the molecule is O=c1ccn(CCC2CCCNC2)cc1. The van der Waals surface area contributed by atoms with Gasteiger partial charge in [0.15, 0.2) is 5.43 Å². The van der Waals surface area contributed by atoms with Gasteiger partial charge in [-0.2, -0.15) is 0 Å². The molecule has 1 atom stereocenters. The van der Waals surface area contributed by atoms with E-state index in [2.05, 4.69) is 9.88 Å². The van der Waals surface area contributed by atoms with Gasteiger partial charge in [-0.05, 0) is 38.3 Å². The molecule has 0 spiro atoms. The normalized spacial score (nSPS) is 21.5. The van der Waals surface area contributed by atoms with Gasteiger partial charge < -0.3 is 9.88 Å². The van der Waals surface area contributed by atoms with Gasteiger partial charge in [0, 0.05) is 31.1 Å². The predicted molar refractivity (Wildman–Crippen MR) is 60.9 cm³/mol. The number of hydrogen-bond donors (Lipinski definition) is 1. The van der Waals surface area contributed by atoms with Crippen LogP contribution in [-0.2, 0) is 6.54 Å². The van der Waals surface area contributed by atoms with Crippen LogP contribution in [0.5, 0.6) is 0 Å². The van der Waals surface area contributed by atoms with E-state index in [0.29, 0.717) is 0 Å². The summed E-state index contributed by atoms with van der Waals surface area (Å²) in [5, 5.41) is 3.42. The molecule has 1 aliphatic rings. The van der Waals surface area contributed by atoms with Gasteiger partial charge in [-0.1, -0.05) is 0 Å². The second-order valence-electron chi connectivity index (χ2n) is 4.27. The predicted octanol–water partition coefficient (Wildman–Crippen LogP) is 1.24. The topological polar surface area (TPSA) is 34.0 Å². The van der Waals surface area contributed by atoms with Crippen LogP contribution in [0.2, 0.25) is 0 Å². The van der Waals surface area contributed by atoms with E-state index >= 15 is 0 Å². The molecule has 1 unspecified atom stereocenters. The number of hydrogen-bond acceptors (Lipinski definition) is 2. The van der Waals surface area contributed by atoms with E-state index < -0.39 is 0 Å². The van der Waals surface area contributed by atoms with E-state index in [1.54, 1.807) is 12.1 Å². The molecule has 1 aromatic rings. The lowest BCUT2D eigenvalue weighted by Gasteiger charge is -2.22. The molecule has 0 saturated carbocycles. The Balaban J connectivity index is 1.81. The highest BCUT2D eigenvalue weighted by Crippen LogP contribution is 2.14. The molecule has 1 aliphatic heterocycles. The molecule has 1 aromatic heterocycles. The fourth-order valence-electron chi connectivity index (χ4n) is 2.09. The van der Waals surface area contributed by atoms with E-state index in [-0.39, 0.29) is 5.43 Å². The van der Waals surface area contributed by atoms with Crippen molar-refractivity contribution in [2.24, 2.45) is 5.92 Å². The van der Waals surface area contributed by atoms with Crippen molar-refractivity contribution in [3.05, 3.63) is 34.7 Å². The van der Waals surface area contributed by atoms with Crippen molar-refractivity contribution < 1.29 is 0 Å². The summed E-state index contributed by atoms with van der Waals surface area (Å²) < 4.78 is 2.09. The van der Waals surface area contributed by atoms with E-state index in [1.165, 1.54) is 25.8 Å². The van der Waals surface area contributed by atoms with E-state index in [0.717, 1.165) is 19.0 Å². The van der Waals surface area contributed by atoms with E-state index in [9.17, 15) is 4.79 Å². The van der Waals surface area contributed by atoms with Crippen LogP contribution in [0.15, 0.2) is 29.3 Å². The maximum absolute atomic E-state index is 10.9. The molecule has 3 nitrogen and oxygen atoms in total. The number of aryl methyl sites for hydroxylation is 1. The van der Waals surface area contributed by atoms with Crippen molar-refractivity contribution in [3.63, 3.8) is 0 Å². The van der Waals surface area contributed by atoms with E-state index in [1.807, 2.05) is 12.4 Å². The standard InChI is InChI=1S/C12H18N2O/c15-12-4-8-14(9-5-12)7-3-11-2-1-6-13-10-11/h4-5,8-9,11,13H,1-3,6-7,10H2. The molecule has 2 rings (SSSR count). The largest absolute Gasteiger partial charge is 0.354 e. The highest BCUT2D eigenvalue weighted by molar-refractivity contribution is 4.93. The van der Waals surface area contributed by atoms with Crippen molar-refractivity contribution in [2.75, 3.05) is 13.1 Å². The average molecular weight is 206 g/mol. The maximum Gasteiger partial charge on any atom is 0.181 e. The molecule has 0 amide bonds. The highest BCUT2D eigenvalue weighted by Gasteiger charge is 2.11. The zero-order valence-corrected chi connectivity index (χ0v) is 8.98. The van der Waals surface area contributed by atoms with Gasteiger partial charge in [-0.3, -0.25) is 4.79 Å². The molecule has 1 saturated heterocycles. The Morgan fingerprint density at radius 3 is 2.87 bits per heavy atom. The molecular weight excluding hydrogens is 188 g/mol. The van der Waals surface area contributed by atoms with Crippen LogP contribution in [0.3, 0.4) is 0 Å². The van der Waals surface area contributed by atoms with Crippen LogP contribution in [-0.4, -0.2) is 17.7 Å². The second-order valence-corrected chi connectivity index (χ2v) is 4.27. The number of aromatic nitrogens is 1. The fourth-order valence-corrected chi connectivity index (χ4v) is 2.09. The second kappa shape index (κ2) is 5.12. The molecule has 0 radical (unpaired) electrons. The van der Waals surface area contributed by atoms with Crippen LogP contribution in [0, 0.1) is 5.92 Å². The molecular formula is C12H18N2O. The number of nitrogens with one attached hydrogen (secondary N) is 1. The maximum atomic E-state index is 10.9. The first-order valence-electron chi connectivity index (χ1n) is 5.71. The van der Waals surface area contributed by atoms with Crippen LogP contribution < -0.4 is 10.7 Å². The van der Waals surface area contributed by atoms with Crippen LogP contribution in [0.4, 0.5) is 0 Å². The Hall–Kier alpha value is -1.09. The van der Waals surface area contributed by atoms with Crippen molar-refractivity contribution in [1.29, 1.82) is 0 Å². The summed E-state index contributed by atoms with van der Waals surface area (Å²) in [6.45, 7) is 3.35. The van der Waals surface area contributed by atoms with Gasteiger partial charge >= 0.3 is 0 Å². The number of nitrogens with zero attached hydrogens (tertiary/aromatic N) is 1. The van der Waals surface area contributed by atoms with Crippen molar-refractivity contribution in [3.8, 4) is 0 Å². The summed E-state index contributed by atoms with van der Waals surface area (Å²) in [5.41, 5.74) is 0.0885. The smallest absolute Gasteiger partial charge is 0.181 e. The lowest BCUT2D eigenvalue weighted by molar-refractivity contribution is 0.341. The molecule has 0 bridgehead atoms. The first-order chi connectivity index (χ1) is 7.34. The number of pyridine rings is 1. The summed E-state index contributed by atoms with van der Waals surface area (Å²) in [4.78, 5) is 10.9. The molecule has 3 heteroatoms. The summed E-state index contributed by atoms with van der Waals surface area (Å²) in [5.74, 6) is 0.804. The number of rotatable bonds is 3. The van der Waals surface area contributed by atoms with Crippen LogP contribution in [0.25, 0.3) is 0 Å². The van der Waals surface area contributed by atoms with Crippen molar-refractivity contribution >= 4 is 0 Å². The molecule has 1 N–H and O–H groups in total. The Morgan fingerprint density at radius 2 is 2.20 bits per heavy atom. The summed E-state index contributed by atoms with van der Waals surface area (Å²) in [7, 11) is 0. The average Bonchev–Trinajstić information content (AvgIpc) is 2.30. The van der Waals surface area contributed by atoms with Gasteiger partial charge in [0.25, 0.3) is 0 Å². The third-order valence-electron chi connectivity index (χ3n) is 3.06. The van der Waals surface area contributed by atoms with Crippen molar-refractivity contribution in [2.45, 2.75) is 25.8 Å². The van der Waals surface area contributed by atoms with Gasteiger partial charge in [-0.25, -0.2) is 0 Å². The Morgan fingerprint density at radius 1 is 1.40 bits per heavy atom. The van der Waals surface area contributed by atoms with Gasteiger partial charge in [0.2, 0.25) is 0 Å². The summed E-state index contributed by atoms with van der Waals surface area (Å²) in [6, 6.07) is 3.25. The quantitative estimate of drug-likeness (QED) is 0.807. The number of piperidine rings is 1. The Labute approximate surface area is 90.1 Å². The third-order valence-corrected chi connectivity index (χ3v) is 3.06. The van der Waals surface area contributed by atoms with Gasteiger partial charge in [0.1, 0.15) is 0 Å². The van der Waals surface area contributed by atoms with Crippen LogP contribution >= 0.6 is 0 Å². The molecule has 15 heavy (non-hydrogen) atoms. The first-order valence-corrected chi connectivity index (χ1v) is 5.71. The lowest BCUT2D eigenvalue weighted by Crippen LogP contribution is -2.30. The minimum atomic E-state index is 0.0885. The van der Waals surface area contributed by atoms with E-state index in [4.69, 9.17) is 0 Å².